The summed E-state index contributed by atoms with van der Waals surface area (Å²) in [4.78, 5) is 18.0. The highest BCUT2D eigenvalue weighted by atomic mass is 35.5. The summed E-state index contributed by atoms with van der Waals surface area (Å²) in [6, 6.07) is 13.3. The fourth-order valence-corrected chi connectivity index (χ4v) is 2.78. The Bertz CT molecular complexity index is 847. The molecule has 26 heavy (non-hydrogen) atoms. The molecule has 5 nitrogen and oxygen atoms in total. The molecule has 0 saturated carbocycles. The van der Waals surface area contributed by atoms with Gasteiger partial charge < -0.3 is 9.42 Å². The van der Waals surface area contributed by atoms with Gasteiger partial charge in [-0.1, -0.05) is 28.9 Å². The van der Waals surface area contributed by atoms with Crippen LogP contribution in [0.2, 0.25) is 5.02 Å². The third kappa shape index (κ3) is 4.92. The maximum absolute atomic E-state index is 12.3. The van der Waals surface area contributed by atoms with E-state index >= 15 is 0 Å². The van der Waals surface area contributed by atoms with Crippen molar-refractivity contribution >= 4 is 17.5 Å². The molecule has 134 valence electrons. The Kier molecular flexibility index (Phi) is 6.02. The summed E-state index contributed by atoms with van der Waals surface area (Å²) in [6.07, 6.45) is 5.55. The molecule has 0 bridgehead atoms. The first kappa shape index (κ1) is 18.1. The van der Waals surface area contributed by atoms with Gasteiger partial charge >= 0.3 is 0 Å². The number of amides is 1. The number of aryl methyl sites for hydroxylation is 1. The summed E-state index contributed by atoms with van der Waals surface area (Å²) in [7, 11) is 1.78. The lowest BCUT2D eigenvalue weighted by atomic mass is 10.1. The predicted molar refractivity (Wildman–Crippen MR) is 101 cm³/mol. The normalized spacial score (nSPS) is 10.7. The lowest BCUT2D eigenvalue weighted by Gasteiger charge is -2.15. The molecule has 0 atom stereocenters. The van der Waals surface area contributed by atoms with E-state index in [4.69, 9.17) is 16.1 Å². The minimum absolute atomic E-state index is 0.0841. The van der Waals surface area contributed by atoms with E-state index in [2.05, 4.69) is 10.1 Å². The van der Waals surface area contributed by atoms with E-state index in [-0.39, 0.29) is 5.91 Å². The van der Waals surface area contributed by atoms with Gasteiger partial charge in [-0.25, -0.2) is 0 Å². The second kappa shape index (κ2) is 8.63. The van der Waals surface area contributed by atoms with Gasteiger partial charge in [0.05, 0.1) is 6.54 Å². The molecule has 0 N–H and O–H groups in total. The molecule has 0 fully saturated rings. The van der Waals surface area contributed by atoms with Crippen molar-refractivity contribution < 1.29 is 9.32 Å². The molecule has 1 amide bonds. The predicted octanol–water partition coefficient (Wildman–Crippen LogP) is 4.37. The molecular weight excluding hydrogens is 350 g/mol. The molecule has 2 heterocycles. The van der Waals surface area contributed by atoms with E-state index in [9.17, 15) is 4.79 Å². The number of rotatable bonds is 7. The van der Waals surface area contributed by atoms with Gasteiger partial charge in [0, 0.05) is 42.5 Å². The van der Waals surface area contributed by atoms with E-state index in [1.807, 2.05) is 42.5 Å². The lowest BCUT2D eigenvalue weighted by molar-refractivity contribution is -0.130. The molecule has 0 aliphatic heterocycles. The molecule has 0 saturated heterocycles. The van der Waals surface area contributed by atoms with E-state index in [1.165, 1.54) is 5.56 Å². The van der Waals surface area contributed by atoms with Crippen molar-refractivity contribution in [1.29, 1.82) is 0 Å². The van der Waals surface area contributed by atoms with Crippen LogP contribution >= 0.6 is 11.6 Å². The van der Waals surface area contributed by atoms with Crippen LogP contribution in [-0.2, 0) is 17.8 Å². The van der Waals surface area contributed by atoms with Gasteiger partial charge in [0.25, 0.3) is 0 Å². The molecule has 0 unspecified atom stereocenters. The second-order valence-corrected chi connectivity index (χ2v) is 6.58. The Morgan fingerprint density at radius 2 is 1.88 bits per heavy atom. The Balaban J connectivity index is 1.48. The summed E-state index contributed by atoms with van der Waals surface area (Å²) >= 11 is 5.88. The monoisotopic (exact) mass is 369 g/mol. The van der Waals surface area contributed by atoms with Gasteiger partial charge in [-0.3, -0.25) is 9.78 Å². The quantitative estimate of drug-likeness (QED) is 0.620. The molecule has 2 aromatic heterocycles. The Morgan fingerprint density at radius 1 is 1.15 bits per heavy atom. The van der Waals surface area contributed by atoms with Gasteiger partial charge in [0.1, 0.15) is 5.69 Å². The SMILES string of the molecule is CN(Cc1cc(-c2ccncc2)no1)C(=O)CCCc1ccc(Cl)cc1. The lowest BCUT2D eigenvalue weighted by Crippen LogP contribution is -2.25. The van der Waals surface area contributed by atoms with E-state index in [1.54, 1.807) is 24.3 Å². The minimum atomic E-state index is 0.0841. The van der Waals surface area contributed by atoms with Crippen molar-refractivity contribution in [3.63, 3.8) is 0 Å². The number of pyridine rings is 1. The van der Waals surface area contributed by atoms with Crippen molar-refractivity contribution in [2.24, 2.45) is 0 Å². The van der Waals surface area contributed by atoms with Gasteiger partial charge in [-0.15, -0.1) is 0 Å². The number of hydrogen-bond donors (Lipinski definition) is 0. The fourth-order valence-electron chi connectivity index (χ4n) is 2.65. The molecule has 3 rings (SSSR count). The van der Waals surface area contributed by atoms with Gasteiger partial charge in [-0.2, -0.15) is 0 Å². The van der Waals surface area contributed by atoms with Crippen molar-refractivity contribution in [2.75, 3.05) is 7.05 Å². The molecule has 0 spiro atoms. The Morgan fingerprint density at radius 3 is 2.62 bits per heavy atom. The number of carbonyl (C=O) groups excluding carboxylic acids is 1. The van der Waals surface area contributed by atoms with Crippen LogP contribution in [-0.4, -0.2) is 28.0 Å². The van der Waals surface area contributed by atoms with Crippen LogP contribution in [0.25, 0.3) is 11.3 Å². The maximum atomic E-state index is 12.3. The van der Waals surface area contributed by atoms with Crippen LogP contribution in [0.15, 0.2) is 59.4 Å². The summed E-state index contributed by atoms with van der Waals surface area (Å²) in [5.41, 5.74) is 2.86. The minimum Gasteiger partial charge on any atom is -0.359 e. The zero-order valence-corrected chi connectivity index (χ0v) is 15.3. The topological polar surface area (TPSA) is 59.2 Å². The zero-order chi connectivity index (χ0) is 18.4. The van der Waals surface area contributed by atoms with Crippen LogP contribution < -0.4 is 0 Å². The summed E-state index contributed by atoms with van der Waals surface area (Å²) in [5.74, 6) is 0.742. The summed E-state index contributed by atoms with van der Waals surface area (Å²) in [5, 5.41) is 4.78. The first-order valence-electron chi connectivity index (χ1n) is 8.46. The number of benzene rings is 1. The number of carbonyl (C=O) groups is 1. The van der Waals surface area contributed by atoms with E-state index in [0.717, 1.165) is 29.1 Å². The Hall–Kier alpha value is -2.66. The molecule has 0 aliphatic rings. The third-order valence-electron chi connectivity index (χ3n) is 4.12. The largest absolute Gasteiger partial charge is 0.359 e. The van der Waals surface area contributed by atoms with E-state index in [0.29, 0.717) is 18.7 Å². The van der Waals surface area contributed by atoms with Crippen LogP contribution in [0, 0.1) is 0 Å². The molecular formula is C20H20ClN3O2. The first-order valence-corrected chi connectivity index (χ1v) is 8.84. The van der Waals surface area contributed by atoms with Crippen LogP contribution in [0.3, 0.4) is 0 Å². The van der Waals surface area contributed by atoms with Crippen molar-refractivity contribution in [3.8, 4) is 11.3 Å². The maximum Gasteiger partial charge on any atom is 0.222 e. The van der Waals surface area contributed by atoms with Gasteiger partial charge in [-0.05, 0) is 42.7 Å². The molecule has 6 heteroatoms. The fraction of sp³-hybridized carbons (Fsp3) is 0.250. The van der Waals surface area contributed by atoms with Crippen molar-refractivity contribution in [3.05, 3.63) is 71.2 Å². The highest BCUT2D eigenvalue weighted by Crippen LogP contribution is 2.19. The van der Waals surface area contributed by atoms with Crippen LogP contribution in [0.5, 0.6) is 0 Å². The number of hydrogen-bond acceptors (Lipinski definition) is 4. The third-order valence-corrected chi connectivity index (χ3v) is 4.38. The summed E-state index contributed by atoms with van der Waals surface area (Å²) in [6.45, 7) is 0.401. The first-order chi connectivity index (χ1) is 12.6. The average molecular weight is 370 g/mol. The van der Waals surface area contributed by atoms with Crippen LogP contribution in [0.4, 0.5) is 0 Å². The van der Waals surface area contributed by atoms with Crippen molar-refractivity contribution in [2.45, 2.75) is 25.8 Å². The van der Waals surface area contributed by atoms with Crippen molar-refractivity contribution in [1.82, 2.24) is 15.0 Å². The number of nitrogens with zero attached hydrogens (tertiary/aromatic N) is 3. The highest BCUT2D eigenvalue weighted by Gasteiger charge is 2.13. The van der Waals surface area contributed by atoms with Crippen LogP contribution in [0.1, 0.15) is 24.2 Å². The van der Waals surface area contributed by atoms with Gasteiger partial charge in [0.2, 0.25) is 5.91 Å². The van der Waals surface area contributed by atoms with Gasteiger partial charge in [0.15, 0.2) is 5.76 Å². The number of aromatic nitrogens is 2. The second-order valence-electron chi connectivity index (χ2n) is 6.14. The standard InChI is InChI=1S/C20H20ClN3O2/c1-24(20(25)4-2-3-15-5-7-17(21)8-6-15)14-18-13-19(23-26-18)16-9-11-22-12-10-16/h5-13H,2-4,14H2,1H3. The average Bonchev–Trinajstić information content (AvgIpc) is 3.12. The van der Waals surface area contributed by atoms with E-state index < -0.39 is 0 Å². The Labute approximate surface area is 157 Å². The molecule has 0 aliphatic carbocycles. The molecule has 0 radical (unpaired) electrons. The summed E-state index contributed by atoms with van der Waals surface area (Å²) < 4.78 is 5.35. The highest BCUT2D eigenvalue weighted by molar-refractivity contribution is 6.30. The zero-order valence-electron chi connectivity index (χ0n) is 14.6. The molecule has 1 aromatic carbocycles. The smallest absolute Gasteiger partial charge is 0.222 e. The molecule has 3 aromatic rings. The number of halogens is 1.